The van der Waals surface area contributed by atoms with Crippen LogP contribution in [0, 0.1) is 0 Å². The first-order valence-electron chi connectivity index (χ1n) is 12.8. The monoisotopic (exact) mass is 619 g/mol. The Labute approximate surface area is 258 Å². The van der Waals surface area contributed by atoms with E-state index in [0.717, 1.165) is 4.90 Å². The highest BCUT2D eigenvalue weighted by Crippen LogP contribution is 2.30. The Morgan fingerprint density at radius 2 is 1.60 bits per heavy atom. The minimum Gasteiger partial charge on any atom is -0.495 e. The summed E-state index contributed by atoms with van der Waals surface area (Å²) in [5, 5.41) is 8.79. The maximum Gasteiger partial charge on any atom is 0.272 e. The molecule has 0 aliphatic heterocycles. The summed E-state index contributed by atoms with van der Waals surface area (Å²) in [6.45, 7) is 1.77. The smallest absolute Gasteiger partial charge is 0.272 e. The molecule has 0 radical (unpaired) electrons. The van der Waals surface area contributed by atoms with E-state index in [9.17, 15) is 14.4 Å². The van der Waals surface area contributed by atoms with Gasteiger partial charge in [0.2, 0.25) is 5.91 Å². The van der Waals surface area contributed by atoms with Crippen LogP contribution in [-0.4, -0.2) is 30.1 Å². The average Bonchev–Trinajstić information content (AvgIpc) is 2.98. The van der Waals surface area contributed by atoms with Gasteiger partial charge in [0.25, 0.3) is 11.8 Å². The van der Waals surface area contributed by atoms with Crippen molar-refractivity contribution in [3.63, 3.8) is 0 Å². The number of thioether (sulfide) groups is 1. The molecule has 42 heavy (non-hydrogen) atoms. The van der Waals surface area contributed by atoms with Crippen LogP contribution in [0.15, 0.2) is 108 Å². The molecule has 7 nitrogen and oxygen atoms in total. The molecule has 3 amide bonds. The molecular weight excluding hydrogens is 593 g/mol. The van der Waals surface area contributed by atoms with Crippen molar-refractivity contribution in [1.82, 2.24) is 5.32 Å². The summed E-state index contributed by atoms with van der Waals surface area (Å²) in [5.41, 5.74) is 1.93. The maximum atomic E-state index is 13.4. The molecule has 4 rings (SSSR count). The van der Waals surface area contributed by atoms with Crippen LogP contribution in [0.1, 0.15) is 22.8 Å². The summed E-state index contributed by atoms with van der Waals surface area (Å²) in [5.74, 6) is -0.733. The summed E-state index contributed by atoms with van der Waals surface area (Å²) in [6.07, 6.45) is 1.52. The van der Waals surface area contributed by atoms with E-state index in [2.05, 4.69) is 16.0 Å². The van der Waals surface area contributed by atoms with Crippen molar-refractivity contribution in [1.29, 1.82) is 0 Å². The number of ether oxygens (including phenoxy) is 1. The fourth-order valence-electron chi connectivity index (χ4n) is 3.81. The largest absolute Gasteiger partial charge is 0.495 e. The molecule has 10 heteroatoms. The van der Waals surface area contributed by atoms with Gasteiger partial charge in [-0.15, -0.1) is 11.8 Å². The van der Waals surface area contributed by atoms with Gasteiger partial charge in [-0.1, -0.05) is 65.7 Å². The fraction of sp³-hybridized carbons (Fsp3) is 0.0938. The fourth-order valence-corrected chi connectivity index (χ4v) is 5.09. The molecule has 3 N–H and O–H groups in total. The molecule has 0 aliphatic carbocycles. The first-order chi connectivity index (χ1) is 20.2. The lowest BCUT2D eigenvalue weighted by atomic mass is 10.1. The van der Waals surface area contributed by atoms with Gasteiger partial charge >= 0.3 is 0 Å². The van der Waals surface area contributed by atoms with Crippen LogP contribution < -0.4 is 20.7 Å². The number of nitrogens with one attached hydrogen (secondary N) is 3. The van der Waals surface area contributed by atoms with Crippen LogP contribution in [0.5, 0.6) is 5.75 Å². The number of hydrogen-bond acceptors (Lipinski definition) is 5. The number of hydrogen-bond donors (Lipinski definition) is 3. The molecule has 4 aromatic rings. The minimum absolute atomic E-state index is 0.0122. The third-order valence-corrected chi connectivity index (χ3v) is 7.60. The van der Waals surface area contributed by atoms with E-state index in [-0.39, 0.29) is 11.6 Å². The molecule has 1 unspecified atom stereocenters. The Morgan fingerprint density at radius 3 is 2.33 bits per heavy atom. The van der Waals surface area contributed by atoms with Gasteiger partial charge in [-0.2, -0.15) is 0 Å². The molecular formula is C32H27Cl2N3O4S. The second-order valence-electron chi connectivity index (χ2n) is 8.98. The van der Waals surface area contributed by atoms with Crippen LogP contribution in [0.25, 0.3) is 6.08 Å². The number of carbonyl (C=O) groups is 3. The van der Waals surface area contributed by atoms with Crippen LogP contribution in [0.2, 0.25) is 10.0 Å². The van der Waals surface area contributed by atoms with Gasteiger partial charge in [-0.05, 0) is 73.2 Å². The van der Waals surface area contributed by atoms with E-state index in [1.807, 2.05) is 6.07 Å². The lowest BCUT2D eigenvalue weighted by Gasteiger charge is -2.15. The second-order valence-corrected chi connectivity index (χ2v) is 11.2. The van der Waals surface area contributed by atoms with Crippen molar-refractivity contribution in [3.8, 4) is 5.75 Å². The van der Waals surface area contributed by atoms with Gasteiger partial charge in [-0.25, -0.2) is 0 Å². The van der Waals surface area contributed by atoms with Crippen molar-refractivity contribution < 1.29 is 19.1 Å². The Kier molecular flexibility index (Phi) is 10.7. The number of methoxy groups -OCH3 is 1. The lowest BCUT2D eigenvalue weighted by molar-refractivity contribution is -0.115. The van der Waals surface area contributed by atoms with Crippen molar-refractivity contribution in [3.05, 3.63) is 124 Å². The van der Waals surface area contributed by atoms with Crippen LogP contribution in [0.4, 0.5) is 11.4 Å². The molecule has 0 saturated carbocycles. The standard InChI is InChI=1S/C32H27Cl2N3O4S/c1-20(30(38)36-27-18-23(33)15-16-29(27)41-2)42-25-13-8-12-24(19-25)35-32(40)28(17-22-11-6-7-14-26(22)34)37-31(39)21-9-4-3-5-10-21/h3-20H,1-2H3,(H,35,40)(H,36,38)(H,37,39)/b28-17+. The Hall–Kier alpha value is -4.24. The molecule has 0 spiro atoms. The lowest BCUT2D eigenvalue weighted by Crippen LogP contribution is -2.30. The molecule has 1 atom stereocenters. The normalized spacial score (nSPS) is 11.8. The predicted molar refractivity (Wildman–Crippen MR) is 170 cm³/mol. The van der Waals surface area contributed by atoms with Gasteiger partial charge < -0.3 is 20.7 Å². The second kappa shape index (κ2) is 14.6. The molecule has 0 heterocycles. The third-order valence-electron chi connectivity index (χ3n) is 5.93. The molecule has 0 fully saturated rings. The number of carbonyl (C=O) groups excluding carboxylic acids is 3. The van der Waals surface area contributed by atoms with E-state index in [0.29, 0.717) is 38.3 Å². The zero-order valence-electron chi connectivity index (χ0n) is 22.7. The van der Waals surface area contributed by atoms with Crippen molar-refractivity contribution in [2.45, 2.75) is 17.1 Å². The number of anilines is 2. The highest BCUT2D eigenvalue weighted by atomic mass is 35.5. The van der Waals surface area contributed by atoms with Gasteiger partial charge in [-0.3, -0.25) is 14.4 Å². The molecule has 0 saturated heterocycles. The van der Waals surface area contributed by atoms with E-state index in [1.165, 1.54) is 24.9 Å². The Bertz CT molecular complexity index is 1630. The zero-order chi connectivity index (χ0) is 30.1. The highest BCUT2D eigenvalue weighted by molar-refractivity contribution is 8.00. The summed E-state index contributed by atoms with van der Waals surface area (Å²) in [7, 11) is 1.51. The first kappa shape index (κ1) is 30.7. The van der Waals surface area contributed by atoms with Crippen molar-refractivity contribution >= 4 is 70.1 Å². The predicted octanol–water partition coefficient (Wildman–Crippen LogP) is 7.53. The summed E-state index contributed by atoms with van der Waals surface area (Å²) in [4.78, 5) is 40.0. The van der Waals surface area contributed by atoms with E-state index < -0.39 is 17.1 Å². The van der Waals surface area contributed by atoms with Gasteiger partial charge in [0.05, 0.1) is 18.0 Å². The Morgan fingerprint density at radius 1 is 0.857 bits per heavy atom. The minimum atomic E-state index is -0.541. The van der Waals surface area contributed by atoms with E-state index >= 15 is 0 Å². The van der Waals surface area contributed by atoms with Crippen LogP contribution in [-0.2, 0) is 9.59 Å². The third kappa shape index (κ3) is 8.39. The molecule has 214 valence electrons. The number of benzene rings is 4. The number of halogens is 2. The quantitative estimate of drug-likeness (QED) is 0.126. The highest BCUT2D eigenvalue weighted by Gasteiger charge is 2.19. The van der Waals surface area contributed by atoms with Gasteiger partial charge in [0, 0.05) is 26.2 Å². The summed E-state index contributed by atoms with van der Waals surface area (Å²) < 4.78 is 5.31. The van der Waals surface area contributed by atoms with Crippen molar-refractivity contribution in [2.75, 3.05) is 17.7 Å². The molecule has 0 aromatic heterocycles. The van der Waals surface area contributed by atoms with Gasteiger partial charge in [0.1, 0.15) is 11.4 Å². The van der Waals surface area contributed by atoms with Crippen LogP contribution in [0.3, 0.4) is 0 Å². The van der Waals surface area contributed by atoms with Crippen molar-refractivity contribution in [2.24, 2.45) is 0 Å². The summed E-state index contributed by atoms with van der Waals surface area (Å²) >= 11 is 13.7. The van der Waals surface area contributed by atoms with E-state index in [1.54, 1.807) is 97.9 Å². The zero-order valence-corrected chi connectivity index (χ0v) is 25.0. The average molecular weight is 621 g/mol. The topological polar surface area (TPSA) is 96.5 Å². The molecule has 0 bridgehead atoms. The Balaban J connectivity index is 1.49. The number of amides is 3. The number of rotatable bonds is 10. The van der Waals surface area contributed by atoms with E-state index in [4.69, 9.17) is 27.9 Å². The van der Waals surface area contributed by atoms with Crippen LogP contribution >= 0.6 is 35.0 Å². The van der Waals surface area contributed by atoms with Gasteiger partial charge in [0.15, 0.2) is 0 Å². The summed E-state index contributed by atoms with van der Waals surface area (Å²) in [6, 6.07) is 27.6. The maximum absolute atomic E-state index is 13.4. The SMILES string of the molecule is COc1ccc(Cl)cc1NC(=O)C(C)Sc1cccc(NC(=O)/C(=C\c2ccccc2Cl)NC(=O)c2ccccc2)c1. The molecule has 4 aromatic carbocycles. The first-order valence-corrected chi connectivity index (χ1v) is 14.4. The molecule has 0 aliphatic rings.